The molecule has 13 heteroatoms. The molecule has 0 spiro atoms. The van der Waals surface area contributed by atoms with E-state index in [2.05, 4.69) is 21.7 Å². The number of benzene rings is 3. The molecule has 1 aromatic heterocycles. The Labute approximate surface area is 266 Å². The summed E-state index contributed by atoms with van der Waals surface area (Å²) in [4.78, 5) is 17.4. The van der Waals surface area contributed by atoms with Crippen LogP contribution < -0.4 is 20.1 Å². The summed E-state index contributed by atoms with van der Waals surface area (Å²) in [5.74, 6) is 1.10. The highest BCUT2D eigenvalue weighted by atomic mass is 35.5. The molecule has 4 N–H and O–H groups in total. The molecule has 3 aromatic carbocycles. The molecule has 1 fully saturated rings. The second-order valence-corrected chi connectivity index (χ2v) is 13.1. The van der Waals surface area contributed by atoms with Crippen LogP contribution in [0.1, 0.15) is 24.0 Å². The Balaban J connectivity index is 1.43. The average molecular weight is 655 g/mol. The molecule has 2 heterocycles. The number of carbonyl (C=O) groups excluding carboxylic acids is 1. The van der Waals surface area contributed by atoms with E-state index in [0.29, 0.717) is 50.7 Å². The van der Waals surface area contributed by atoms with Gasteiger partial charge < -0.3 is 30.3 Å². The molecular weight excluding hydrogens is 627 g/mol. The first-order valence-corrected chi connectivity index (χ1v) is 16.4. The van der Waals surface area contributed by atoms with Crippen LogP contribution in [0.2, 0.25) is 5.02 Å². The highest BCUT2D eigenvalue weighted by molar-refractivity contribution is 8.77. The van der Waals surface area contributed by atoms with Crippen molar-refractivity contribution in [3.63, 3.8) is 0 Å². The van der Waals surface area contributed by atoms with Gasteiger partial charge >= 0.3 is 0 Å². The number of anilines is 3. The minimum absolute atomic E-state index is 0.129. The molecule has 1 amide bonds. The highest BCUT2D eigenvalue weighted by Gasteiger charge is 2.22. The summed E-state index contributed by atoms with van der Waals surface area (Å²) in [6.45, 7) is -0.557. The van der Waals surface area contributed by atoms with Gasteiger partial charge in [0, 0.05) is 40.8 Å². The van der Waals surface area contributed by atoms with Crippen LogP contribution in [0.5, 0.6) is 11.5 Å². The van der Waals surface area contributed by atoms with Crippen LogP contribution in [0, 0.1) is 17.1 Å². The molecule has 0 aliphatic carbocycles. The summed E-state index contributed by atoms with van der Waals surface area (Å²) in [6.07, 6.45) is 1.57. The van der Waals surface area contributed by atoms with E-state index < -0.39 is 12.7 Å². The van der Waals surface area contributed by atoms with Gasteiger partial charge in [0.25, 0.3) is 0 Å². The molecular formula is C31H28ClFN4O5S2. The second-order valence-electron chi connectivity index (χ2n) is 9.94. The number of nitrogens with zero attached hydrogens (tertiary/aromatic N) is 2. The first-order valence-electron chi connectivity index (χ1n) is 13.6. The smallest absolute Gasteiger partial charge is 0.225 e. The third kappa shape index (κ3) is 8.05. The van der Waals surface area contributed by atoms with E-state index in [1.165, 1.54) is 18.3 Å². The zero-order valence-electron chi connectivity index (χ0n) is 23.3. The predicted octanol–water partition coefficient (Wildman–Crippen LogP) is 6.44. The van der Waals surface area contributed by atoms with Gasteiger partial charge in [0.1, 0.15) is 42.7 Å². The van der Waals surface area contributed by atoms with Crippen molar-refractivity contribution in [2.75, 3.05) is 29.6 Å². The van der Waals surface area contributed by atoms with E-state index in [9.17, 15) is 24.7 Å². The minimum atomic E-state index is -1.11. The number of nitriles is 1. The number of fused-ring (bicyclic) bond motifs is 1. The molecule has 9 nitrogen and oxygen atoms in total. The van der Waals surface area contributed by atoms with E-state index in [0.717, 1.165) is 12.2 Å². The topological polar surface area (TPSA) is 137 Å². The van der Waals surface area contributed by atoms with E-state index in [4.69, 9.17) is 21.1 Å². The van der Waals surface area contributed by atoms with Crippen molar-refractivity contribution in [2.45, 2.75) is 30.8 Å². The number of hydrogen-bond acceptors (Lipinski definition) is 10. The quantitative estimate of drug-likeness (QED) is 0.126. The molecule has 1 aliphatic rings. The lowest BCUT2D eigenvalue weighted by Gasteiger charge is -2.18. The van der Waals surface area contributed by atoms with Gasteiger partial charge in [-0.05, 0) is 48.4 Å². The lowest BCUT2D eigenvalue weighted by molar-refractivity contribution is -0.116. The number of rotatable bonds is 12. The summed E-state index contributed by atoms with van der Waals surface area (Å²) < 4.78 is 25.1. The molecule has 1 aliphatic heterocycles. The van der Waals surface area contributed by atoms with Gasteiger partial charge in [0.2, 0.25) is 5.91 Å². The first-order chi connectivity index (χ1) is 21.3. The number of aliphatic hydroxyl groups excluding tert-OH is 2. The molecule has 0 unspecified atom stereocenters. The lowest BCUT2D eigenvalue weighted by Crippen LogP contribution is -2.22. The third-order valence-corrected chi connectivity index (χ3v) is 9.86. The van der Waals surface area contributed by atoms with Crippen molar-refractivity contribution in [3.05, 3.63) is 82.8 Å². The van der Waals surface area contributed by atoms with Crippen LogP contribution in [0.3, 0.4) is 0 Å². The molecule has 2 atom stereocenters. The SMILES string of the molecule is N#Cc1cnc2cc(OC[C@H](O)CO)c(NC(=O)C[C@@H]3CCSS3)cc2c1Nc1ccc(OCc2cccc(F)c2)c(Cl)c1. The summed E-state index contributed by atoms with van der Waals surface area (Å²) in [5, 5.41) is 36.2. The van der Waals surface area contributed by atoms with E-state index in [1.54, 1.807) is 64.1 Å². The molecule has 228 valence electrons. The number of amides is 1. The monoisotopic (exact) mass is 654 g/mol. The summed E-state index contributed by atoms with van der Waals surface area (Å²) in [5.41, 5.74) is 2.69. The molecule has 44 heavy (non-hydrogen) atoms. The Hall–Kier alpha value is -3.73. The summed E-state index contributed by atoms with van der Waals surface area (Å²) in [6, 6.07) is 16.6. The van der Waals surface area contributed by atoms with Crippen LogP contribution in [-0.2, 0) is 11.4 Å². The van der Waals surface area contributed by atoms with Crippen LogP contribution in [-0.4, -0.2) is 51.4 Å². The number of ether oxygens (including phenoxy) is 2. The fraction of sp³-hybridized carbons (Fsp3) is 0.258. The zero-order valence-corrected chi connectivity index (χ0v) is 25.6. The Kier molecular flexibility index (Phi) is 10.7. The van der Waals surface area contributed by atoms with Crippen LogP contribution in [0.25, 0.3) is 10.9 Å². The standard InChI is InChI=1S/C31H28ClFN4O5S2/c32-25-9-21(4-5-28(25)41-16-18-2-1-3-20(33)8-18)36-31-19(13-34)14-35-26-12-29(42-17-22(39)15-38)27(11-24(26)31)37-30(40)10-23-6-7-43-44-23/h1-5,8-9,11-12,14,22-23,38-39H,6-7,10,15-17H2,(H,35,36)(H,37,40)/t22-,23+/m1/s1. The average Bonchev–Trinajstić information content (AvgIpc) is 3.52. The Bertz CT molecular complexity index is 1700. The molecule has 4 aromatic rings. The number of hydrogen-bond donors (Lipinski definition) is 4. The fourth-order valence-electron chi connectivity index (χ4n) is 4.44. The Morgan fingerprint density at radius 3 is 2.80 bits per heavy atom. The van der Waals surface area contributed by atoms with Crippen LogP contribution >= 0.6 is 33.2 Å². The second kappa shape index (κ2) is 14.8. The molecule has 5 rings (SSSR count). The zero-order chi connectivity index (χ0) is 31.1. The van der Waals surface area contributed by atoms with Gasteiger partial charge in [-0.1, -0.05) is 45.3 Å². The normalized spacial score (nSPS) is 15.0. The largest absolute Gasteiger partial charge is 0.489 e. The molecule has 1 saturated heterocycles. The number of aliphatic hydroxyl groups is 2. The van der Waals surface area contributed by atoms with Crippen molar-refractivity contribution >= 4 is 67.1 Å². The Morgan fingerprint density at radius 2 is 2.07 bits per heavy atom. The van der Waals surface area contributed by atoms with Gasteiger partial charge in [-0.2, -0.15) is 5.26 Å². The van der Waals surface area contributed by atoms with E-state index in [1.807, 2.05) is 0 Å². The number of nitrogens with one attached hydrogen (secondary N) is 2. The van der Waals surface area contributed by atoms with E-state index in [-0.39, 0.29) is 41.5 Å². The van der Waals surface area contributed by atoms with Gasteiger partial charge in [-0.15, -0.1) is 0 Å². The predicted molar refractivity (Wildman–Crippen MR) is 172 cm³/mol. The molecule has 0 bridgehead atoms. The van der Waals surface area contributed by atoms with E-state index >= 15 is 0 Å². The minimum Gasteiger partial charge on any atom is -0.489 e. The maximum atomic E-state index is 13.5. The fourth-order valence-corrected chi connectivity index (χ4v) is 7.57. The van der Waals surface area contributed by atoms with Crippen molar-refractivity contribution < 1.29 is 28.9 Å². The number of aromatic nitrogens is 1. The lowest BCUT2D eigenvalue weighted by atomic mass is 10.1. The maximum absolute atomic E-state index is 13.5. The highest BCUT2D eigenvalue weighted by Crippen LogP contribution is 2.40. The van der Waals surface area contributed by atoms with Crippen molar-refractivity contribution in [1.29, 1.82) is 5.26 Å². The molecule has 0 radical (unpaired) electrons. The van der Waals surface area contributed by atoms with Crippen LogP contribution in [0.4, 0.5) is 21.5 Å². The number of carbonyl (C=O) groups is 1. The van der Waals surface area contributed by atoms with Crippen molar-refractivity contribution in [3.8, 4) is 17.6 Å². The van der Waals surface area contributed by atoms with Gasteiger partial charge in [0.05, 0.1) is 34.1 Å². The Morgan fingerprint density at radius 1 is 1.20 bits per heavy atom. The first kappa shape index (κ1) is 31.7. The van der Waals surface area contributed by atoms with Crippen molar-refractivity contribution in [1.82, 2.24) is 4.98 Å². The summed E-state index contributed by atoms with van der Waals surface area (Å²) >= 11 is 6.51. The van der Waals surface area contributed by atoms with Gasteiger partial charge in [-0.3, -0.25) is 9.78 Å². The third-order valence-electron chi connectivity index (χ3n) is 6.63. The van der Waals surface area contributed by atoms with Gasteiger partial charge in [0.15, 0.2) is 0 Å². The summed E-state index contributed by atoms with van der Waals surface area (Å²) in [7, 11) is 3.43. The maximum Gasteiger partial charge on any atom is 0.225 e. The number of pyridine rings is 1. The van der Waals surface area contributed by atoms with Crippen LogP contribution in [0.15, 0.2) is 60.8 Å². The van der Waals surface area contributed by atoms with Gasteiger partial charge in [-0.25, -0.2) is 4.39 Å². The van der Waals surface area contributed by atoms with Crippen molar-refractivity contribution in [2.24, 2.45) is 0 Å². The molecule has 0 saturated carbocycles. The number of halogens is 2.